The van der Waals surface area contributed by atoms with Gasteiger partial charge < -0.3 is 9.84 Å². The van der Waals surface area contributed by atoms with E-state index in [-0.39, 0.29) is 17.7 Å². The number of amides is 1. The summed E-state index contributed by atoms with van der Waals surface area (Å²) in [5.41, 5.74) is 0.717. The molecule has 1 aliphatic rings. The number of likely N-dealkylation sites (tertiary alicyclic amines) is 1. The zero-order valence-corrected chi connectivity index (χ0v) is 12.9. The Morgan fingerprint density at radius 2 is 2.33 bits per heavy atom. The first-order valence-corrected chi connectivity index (χ1v) is 8.11. The molecule has 112 valence electrons. The van der Waals surface area contributed by atoms with Gasteiger partial charge in [0.1, 0.15) is 0 Å². The molecule has 5 nitrogen and oxygen atoms in total. The number of carbonyl (C=O) groups excluding carboxylic acids is 1. The molecular formula is C15H19N3O2S. The first-order valence-electron chi connectivity index (χ1n) is 7.23. The van der Waals surface area contributed by atoms with Gasteiger partial charge in [0.05, 0.1) is 11.7 Å². The van der Waals surface area contributed by atoms with E-state index in [1.165, 1.54) is 17.7 Å². The lowest BCUT2D eigenvalue weighted by atomic mass is 10.2. The van der Waals surface area contributed by atoms with E-state index in [0.29, 0.717) is 6.54 Å². The van der Waals surface area contributed by atoms with Crippen LogP contribution in [0, 0.1) is 6.92 Å². The molecule has 1 saturated heterocycles. The van der Waals surface area contributed by atoms with Crippen LogP contribution in [-0.4, -0.2) is 35.6 Å². The van der Waals surface area contributed by atoms with Crippen molar-refractivity contribution in [3.05, 3.63) is 39.9 Å². The average Bonchev–Trinajstić information content (AvgIpc) is 3.21. The van der Waals surface area contributed by atoms with Crippen molar-refractivity contribution < 1.29 is 9.32 Å². The normalized spacial score (nSPS) is 17.0. The van der Waals surface area contributed by atoms with E-state index < -0.39 is 0 Å². The maximum absolute atomic E-state index is 12.1. The summed E-state index contributed by atoms with van der Waals surface area (Å²) in [7, 11) is 0. The Bertz CT molecular complexity index is 588. The monoisotopic (exact) mass is 305 g/mol. The van der Waals surface area contributed by atoms with Crippen LogP contribution in [0.4, 0.5) is 0 Å². The summed E-state index contributed by atoms with van der Waals surface area (Å²) < 4.78 is 5.00. The largest absolute Gasteiger partial charge is 0.351 e. The predicted molar refractivity (Wildman–Crippen MR) is 81.4 cm³/mol. The highest BCUT2D eigenvalue weighted by Crippen LogP contribution is 2.27. The average molecular weight is 305 g/mol. The number of aromatic nitrogens is 1. The third-order valence-corrected chi connectivity index (χ3v) is 4.73. The van der Waals surface area contributed by atoms with Crippen molar-refractivity contribution in [2.24, 2.45) is 0 Å². The second kappa shape index (κ2) is 6.41. The Morgan fingerprint density at radius 1 is 1.52 bits per heavy atom. The Labute approximate surface area is 127 Å². The van der Waals surface area contributed by atoms with Crippen molar-refractivity contribution in [3.63, 3.8) is 0 Å². The maximum atomic E-state index is 12.1. The Balaban J connectivity index is 1.66. The summed E-state index contributed by atoms with van der Waals surface area (Å²) in [6, 6.07) is 6.11. The first-order chi connectivity index (χ1) is 10.2. The van der Waals surface area contributed by atoms with Crippen LogP contribution in [0.3, 0.4) is 0 Å². The molecule has 0 aromatic carbocycles. The number of nitrogens with zero attached hydrogens (tertiary/aromatic N) is 2. The van der Waals surface area contributed by atoms with E-state index in [9.17, 15) is 4.79 Å². The molecule has 1 unspecified atom stereocenters. The fraction of sp³-hybridized carbons (Fsp3) is 0.467. The molecule has 1 N–H and O–H groups in total. The molecule has 1 aliphatic heterocycles. The maximum Gasteiger partial charge on any atom is 0.289 e. The van der Waals surface area contributed by atoms with Gasteiger partial charge in [0.25, 0.3) is 5.91 Å². The molecule has 0 bridgehead atoms. The molecule has 6 heteroatoms. The lowest BCUT2D eigenvalue weighted by molar-refractivity contribution is 0.0901. The van der Waals surface area contributed by atoms with E-state index in [0.717, 1.165) is 18.8 Å². The molecule has 0 aliphatic carbocycles. The fourth-order valence-corrected chi connectivity index (χ4v) is 3.55. The lowest BCUT2D eigenvalue weighted by Crippen LogP contribution is -2.36. The molecule has 0 radical (unpaired) electrons. The van der Waals surface area contributed by atoms with Gasteiger partial charge in [0.2, 0.25) is 5.76 Å². The van der Waals surface area contributed by atoms with Crippen molar-refractivity contribution >= 4 is 17.2 Å². The number of nitrogens with one attached hydrogen (secondary N) is 1. The summed E-state index contributed by atoms with van der Waals surface area (Å²) in [4.78, 5) is 15.8. The lowest BCUT2D eigenvalue weighted by Gasteiger charge is -2.26. The van der Waals surface area contributed by atoms with Gasteiger partial charge in [-0.1, -0.05) is 11.2 Å². The van der Waals surface area contributed by atoms with Gasteiger partial charge in [-0.25, -0.2) is 0 Å². The van der Waals surface area contributed by atoms with Gasteiger partial charge in [-0.2, -0.15) is 0 Å². The number of carbonyl (C=O) groups is 1. The van der Waals surface area contributed by atoms with Gasteiger partial charge in [-0.15, -0.1) is 11.3 Å². The van der Waals surface area contributed by atoms with Crippen LogP contribution in [0.2, 0.25) is 0 Å². The summed E-state index contributed by atoms with van der Waals surface area (Å²) in [5.74, 6) is 0.0789. The van der Waals surface area contributed by atoms with Crippen LogP contribution in [0.1, 0.15) is 40.0 Å². The topological polar surface area (TPSA) is 58.4 Å². The minimum absolute atomic E-state index is 0.198. The van der Waals surface area contributed by atoms with Gasteiger partial charge in [0, 0.05) is 17.5 Å². The van der Waals surface area contributed by atoms with Crippen LogP contribution >= 0.6 is 11.3 Å². The van der Waals surface area contributed by atoms with Gasteiger partial charge >= 0.3 is 0 Å². The third kappa shape index (κ3) is 3.33. The van der Waals surface area contributed by atoms with Crippen LogP contribution < -0.4 is 5.32 Å². The summed E-state index contributed by atoms with van der Waals surface area (Å²) in [6.07, 6.45) is 2.47. The highest BCUT2D eigenvalue weighted by Gasteiger charge is 2.25. The quantitative estimate of drug-likeness (QED) is 0.922. The SMILES string of the molecule is Cc1cc(C(=O)NCC(c2cccs2)N2CCCC2)on1. The highest BCUT2D eigenvalue weighted by atomic mass is 32.1. The molecule has 3 rings (SSSR count). The third-order valence-electron chi connectivity index (χ3n) is 3.76. The van der Waals surface area contributed by atoms with Crippen LogP contribution in [0.25, 0.3) is 0 Å². The number of hydrogen-bond donors (Lipinski definition) is 1. The van der Waals surface area contributed by atoms with Crippen molar-refractivity contribution in [1.29, 1.82) is 0 Å². The number of aryl methyl sites for hydroxylation is 1. The van der Waals surface area contributed by atoms with Gasteiger partial charge in [-0.05, 0) is 44.3 Å². The minimum Gasteiger partial charge on any atom is -0.351 e. The van der Waals surface area contributed by atoms with Crippen molar-refractivity contribution in [1.82, 2.24) is 15.4 Å². The Morgan fingerprint density at radius 3 is 2.95 bits per heavy atom. The molecule has 1 fully saturated rings. The summed E-state index contributed by atoms with van der Waals surface area (Å²) >= 11 is 1.74. The van der Waals surface area contributed by atoms with E-state index in [1.54, 1.807) is 24.3 Å². The Hall–Kier alpha value is -1.66. The van der Waals surface area contributed by atoms with Crippen LogP contribution in [-0.2, 0) is 0 Å². The second-order valence-corrected chi connectivity index (χ2v) is 6.30. The van der Waals surface area contributed by atoms with Gasteiger partial charge in [0.15, 0.2) is 0 Å². The van der Waals surface area contributed by atoms with Crippen LogP contribution in [0.5, 0.6) is 0 Å². The summed E-state index contributed by atoms with van der Waals surface area (Å²) in [5, 5.41) is 8.80. The molecule has 21 heavy (non-hydrogen) atoms. The second-order valence-electron chi connectivity index (χ2n) is 5.32. The summed E-state index contributed by atoms with van der Waals surface area (Å²) in [6.45, 7) is 4.60. The predicted octanol–water partition coefficient (Wildman–Crippen LogP) is 2.61. The molecule has 0 spiro atoms. The number of thiophene rings is 1. The molecule has 3 heterocycles. The van der Waals surface area contributed by atoms with Crippen molar-refractivity contribution in [2.45, 2.75) is 25.8 Å². The highest BCUT2D eigenvalue weighted by molar-refractivity contribution is 7.10. The Kier molecular flexibility index (Phi) is 4.36. The molecule has 2 aromatic rings. The van der Waals surface area contributed by atoms with Crippen molar-refractivity contribution in [3.8, 4) is 0 Å². The van der Waals surface area contributed by atoms with E-state index >= 15 is 0 Å². The molecular weight excluding hydrogens is 286 g/mol. The van der Waals surface area contributed by atoms with Gasteiger partial charge in [-0.3, -0.25) is 9.69 Å². The number of rotatable bonds is 5. The first kappa shape index (κ1) is 14.3. The smallest absolute Gasteiger partial charge is 0.289 e. The van der Waals surface area contributed by atoms with E-state index in [2.05, 4.69) is 32.9 Å². The zero-order valence-electron chi connectivity index (χ0n) is 12.0. The minimum atomic E-state index is -0.198. The molecule has 1 atom stereocenters. The molecule has 2 aromatic heterocycles. The molecule has 0 saturated carbocycles. The zero-order chi connectivity index (χ0) is 14.7. The fourth-order valence-electron chi connectivity index (χ4n) is 2.69. The standard InChI is InChI=1S/C15H19N3O2S/c1-11-9-13(20-17-11)15(19)16-10-12(14-5-4-8-21-14)18-6-2-3-7-18/h4-5,8-9,12H,2-3,6-7,10H2,1H3,(H,16,19). The van der Waals surface area contributed by atoms with Crippen LogP contribution in [0.15, 0.2) is 28.1 Å². The van der Waals surface area contributed by atoms with E-state index in [1.807, 2.05) is 0 Å². The van der Waals surface area contributed by atoms with E-state index in [4.69, 9.17) is 4.52 Å². The van der Waals surface area contributed by atoms with Crippen molar-refractivity contribution in [2.75, 3.05) is 19.6 Å². The molecule has 1 amide bonds. The number of hydrogen-bond acceptors (Lipinski definition) is 5.